The van der Waals surface area contributed by atoms with Gasteiger partial charge in [0.25, 0.3) is 0 Å². The van der Waals surface area contributed by atoms with Gasteiger partial charge in [0.05, 0.1) is 6.61 Å². The number of rotatable bonds is 4. The summed E-state index contributed by atoms with van der Waals surface area (Å²) < 4.78 is 11.6. The average molecular weight is 180 g/mol. The van der Waals surface area contributed by atoms with Gasteiger partial charge in [-0.15, -0.1) is 0 Å². The number of thiocarbonyl (C=S) groups is 1. The van der Waals surface area contributed by atoms with Crippen molar-refractivity contribution >= 4 is 17.3 Å². The third kappa shape index (κ3) is 6.00. The summed E-state index contributed by atoms with van der Waals surface area (Å²) >= 11 is 4.76. The van der Waals surface area contributed by atoms with E-state index in [0.717, 1.165) is 0 Å². The van der Waals surface area contributed by atoms with Crippen LogP contribution in [0.4, 0.5) is 4.39 Å². The highest BCUT2D eigenvalue weighted by molar-refractivity contribution is 7.80. The molecule has 1 unspecified atom stereocenters. The number of aliphatic hydroxyl groups is 1. The Morgan fingerprint density at radius 1 is 1.73 bits per heavy atom. The molecule has 5 heteroatoms. The van der Waals surface area contributed by atoms with Gasteiger partial charge in [-0.2, -0.15) is 0 Å². The zero-order valence-electron chi connectivity index (χ0n) is 6.43. The van der Waals surface area contributed by atoms with Crippen LogP contribution < -0.4 is 10.6 Å². The van der Waals surface area contributed by atoms with E-state index in [1.54, 1.807) is 6.92 Å². The van der Waals surface area contributed by atoms with Gasteiger partial charge in [-0.1, -0.05) is 0 Å². The zero-order chi connectivity index (χ0) is 8.69. The van der Waals surface area contributed by atoms with Crippen molar-refractivity contribution in [3.05, 3.63) is 0 Å². The third-order valence-electron chi connectivity index (χ3n) is 1.03. The van der Waals surface area contributed by atoms with Crippen LogP contribution in [0.25, 0.3) is 0 Å². The molecular formula is C6H13FN2OS. The summed E-state index contributed by atoms with van der Waals surface area (Å²) in [6.07, 6.45) is 0. The van der Waals surface area contributed by atoms with E-state index in [4.69, 9.17) is 17.3 Å². The standard InChI is InChI=1S/C6H13FN2OS/c1-5(4-10)9-6(11)8-3-2-7/h5,10H,2-4H2,1H3,(H2,8,9,11). The SMILES string of the molecule is CC(CO)NC(=S)NCCF. The van der Waals surface area contributed by atoms with Gasteiger partial charge in [0.1, 0.15) is 6.67 Å². The topological polar surface area (TPSA) is 44.3 Å². The van der Waals surface area contributed by atoms with Gasteiger partial charge >= 0.3 is 0 Å². The van der Waals surface area contributed by atoms with Gasteiger partial charge < -0.3 is 15.7 Å². The van der Waals surface area contributed by atoms with E-state index in [1.165, 1.54) is 0 Å². The summed E-state index contributed by atoms with van der Waals surface area (Å²) in [5.41, 5.74) is 0. The van der Waals surface area contributed by atoms with Crippen LogP contribution in [0.2, 0.25) is 0 Å². The first-order chi connectivity index (χ1) is 5.20. The van der Waals surface area contributed by atoms with Crippen molar-refractivity contribution in [2.75, 3.05) is 19.8 Å². The molecule has 0 fully saturated rings. The molecule has 1 atom stereocenters. The lowest BCUT2D eigenvalue weighted by Crippen LogP contribution is -2.42. The largest absolute Gasteiger partial charge is 0.394 e. The Bertz CT molecular complexity index is 123. The predicted molar refractivity (Wildman–Crippen MR) is 46.3 cm³/mol. The van der Waals surface area contributed by atoms with Crippen LogP contribution in [0.1, 0.15) is 6.92 Å². The Morgan fingerprint density at radius 2 is 2.36 bits per heavy atom. The molecule has 0 aromatic rings. The first kappa shape index (κ1) is 10.6. The maximum atomic E-state index is 11.6. The number of hydrogen-bond donors (Lipinski definition) is 3. The maximum absolute atomic E-state index is 11.6. The number of hydrogen-bond acceptors (Lipinski definition) is 2. The molecule has 0 aliphatic rings. The molecule has 11 heavy (non-hydrogen) atoms. The van der Waals surface area contributed by atoms with Crippen molar-refractivity contribution in [1.82, 2.24) is 10.6 Å². The lowest BCUT2D eigenvalue weighted by Gasteiger charge is -2.13. The highest BCUT2D eigenvalue weighted by atomic mass is 32.1. The lowest BCUT2D eigenvalue weighted by molar-refractivity contribution is 0.264. The van der Waals surface area contributed by atoms with Gasteiger partial charge in [0.2, 0.25) is 0 Å². The van der Waals surface area contributed by atoms with Crippen molar-refractivity contribution < 1.29 is 9.50 Å². The quantitative estimate of drug-likeness (QED) is 0.524. The Labute approximate surface area is 71.0 Å². The molecule has 0 aliphatic heterocycles. The molecule has 3 nitrogen and oxygen atoms in total. The van der Waals surface area contributed by atoms with E-state index in [-0.39, 0.29) is 19.2 Å². The average Bonchev–Trinajstić information content (AvgIpc) is 2.00. The normalized spacial score (nSPS) is 12.3. The van der Waals surface area contributed by atoms with Gasteiger partial charge in [0, 0.05) is 12.6 Å². The van der Waals surface area contributed by atoms with Crippen LogP contribution in [0.15, 0.2) is 0 Å². The second-order valence-electron chi connectivity index (χ2n) is 2.17. The van der Waals surface area contributed by atoms with Crippen LogP contribution >= 0.6 is 12.2 Å². The number of nitrogens with one attached hydrogen (secondary N) is 2. The Morgan fingerprint density at radius 3 is 2.82 bits per heavy atom. The summed E-state index contributed by atoms with van der Waals surface area (Å²) in [6.45, 7) is 1.56. The first-order valence-corrected chi connectivity index (χ1v) is 3.82. The van der Waals surface area contributed by atoms with Crippen LogP contribution in [-0.4, -0.2) is 36.1 Å². The number of alkyl halides is 1. The van der Waals surface area contributed by atoms with Crippen LogP contribution in [0.3, 0.4) is 0 Å². The highest BCUT2D eigenvalue weighted by Crippen LogP contribution is 1.77. The molecule has 0 saturated carbocycles. The summed E-state index contributed by atoms with van der Waals surface area (Å²) in [4.78, 5) is 0. The molecule has 0 bridgehead atoms. The minimum atomic E-state index is -0.449. The maximum Gasteiger partial charge on any atom is 0.166 e. The summed E-state index contributed by atoms with van der Waals surface area (Å²) in [7, 11) is 0. The molecule has 66 valence electrons. The minimum Gasteiger partial charge on any atom is -0.394 e. The van der Waals surface area contributed by atoms with E-state index >= 15 is 0 Å². The van der Waals surface area contributed by atoms with E-state index in [0.29, 0.717) is 5.11 Å². The molecule has 0 saturated heterocycles. The smallest absolute Gasteiger partial charge is 0.166 e. The van der Waals surface area contributed by atoms with Gasteiger partial charge in [-0.05, 0) is 19.1 Å². The van der Waals surface area contributed by atoms with Gasteiger partial charge in [-0.25, -0.2) is 4.39 Å². The fourth-order valence-electron chi connectivity index (χ4n) is 0.481. The molecule has 0 heterocycles. The second-order valence-corrected chi connectivity index (χ2v) is 2.58. The third-order valence-corrected chi connectivity index (χ3v) is 1.29. The molecule has 0 aromatic carbocycles. The monoisotopic (exact) mass is 180 g/mol. The van der Waals surface area contributed by atoms with Crippen LogP contribution in [0, 0.1) is 0 Å². The predicted octanol–water partition coefficient (Wildman–Crippen LogP) is -0.199. The van der Waals surface area contributed by atoms with Gasteiger partial charge in [-0.3, -0.25) is 0 Å². The number of halogens is 1. The molecule has 0 aliphatic carbocycles. The molecule has 0 rings (SSSR count). The van der Waals surface area contributed by atoms with Crippen LogP contribution in [0.5, 0.6) is 0 Å². The van der Waals surface area contributed by atoms with E-state index < -0.39 is 6.67 Å². The van der Waals surface area contributed by atoms with Crippen molar-refractivity contribution in [2.24, 2.45) is 0 Å². The van der Waals surface area contributed by atoms with Gasteiger partial charge in [0.15, 0.2) is 5.11 Å². The lowest BCUT2D eigenvalue weighted by atomic mass is 10.4. The molecule has 0 amide bonds. The summed E-state index contributed by atoms with van der Waals surface area (Å²) in [6, 6.07) is -0.0883. The Hall–Kier alpha value is -0.420. The minimum absolute atomic E-state index is 0.0114. The van der Waals surface area contributed by atoms with Crippen molar-refractivity contribution in [3.8, 4) is 0 Å². The molecule has 3 N–H and O–H groups in total. The second kappa shape index (κ2) is 6.30. The fourth-order valence-corrected chi connectivity index (χ4v) is 0.784. The van der Waals surface area contributed by atoms with E-state index in [2.05, 4.69) is 10.6 Å². The van der Waals surface area contributed by atoms with Crippen molar-refractivity contribution in [3.63, 3.8) is 0 Å². The van der Waals surface area contributed by atoms with Crippen molar-refractivity contribution in [2.45, 2.75) is 13.0 Å². The summed E-state index contributed by atoms with van der Waals surface area (Å²) in [5, 5.41) is 14.4. The molecule has 0 spiro atoms. The molecule has 0 aromatic heterocycles. The van der Waals surface area contributed by atoms with E-state index in [9.17, 15) is 4.39 Å². The van der Waals surface area contributed by atoms with E-state index in [1.807, 2.05) is 0 Å². The zero-order valence-corrected chi connectivity index (χ0v) is 7.25. The first-order valence-electron chi connectivity index (χ1n) is 3.42. The Balaban J connectivity index is 3.36. The summed E-state index contributed by atoms with van der Waals surface area (Å²) in [5.74, 6) is 0. The fraction of sp³-hybridized carbons (Fsp3) is 0.833. The van der Waals surface area contributed by atoms with Crippen molar-refractivity contribution in [1.29, 1.82) is 0 Å². The number of aliphatic hydroxyl groups excluding tert-OH is 1. The van der Waals surface area contributed by atoms with Crippen LogP contribution in [-0.2, 0) is 0 Å². The molecule has 0 radical (unpaired) electrons. The Kier molecular flexibility index (Phi) is 6.06. The highest BCUT2D eigenvalue weighted by Gasteiger charge is 2.00. The molecular weight excluding hydrogens is 167 g/mol.